The van der Waals surface area contributed by atoms with E-state index in [-0.39, 0.29) is 5.97 Å². The average Bonchev–Trinajstić information content (AvgIpc) is 2.74. The van der Waals surface area contributed by atoms with Crippen LogP contribution >= 0.6 is 11.3 Å². The van der Waals surface area contributed by atoms with Gasteiger partial charge in [-0.3, -0.25) is 0 Å². The van der Waals surface area contributed by atoms with Gasteiger partial charge in [-0.15, -0.1) is 11.3 Å². The normalized spacial score (nSPS) is 24.7. The minimum atomic E-state index is -0.367. The van der Waals surface area contributed by atoms with Crippen LogP contribution in [0.5, 0.6) is 0 Å². The lowest BCUT2D eigenvalue weighted by molar-refractivity contribution is -0.925. The predicted octanol–water partition coefficient (Wildman–Crippen LogP) is 1.44. The lowest BCUT2D eigenvalue weighted by Gasteiger charge is -2.32. The van der Waals surface area contributed by atoms with E-state index in [9.17, 15) is 10.1 Å². The molecular formula is C16H24N3O2S+. The SMILES string of the molecule is CCOC(=O)c1sc(N)c(C#N)c1C[NH+]1C[C@H](C)C[C@H](C)C1. The van der Waals surface area contributed by atoms with Crippen molar-refractivity contribution < 1.29 is 14.4 Å². The Morgan fingerprint density at radius 1 is 1.45 bits per heavy atom. The van der Waals surface area contributed by atoms with Crippen molar-refractivity contribution in [3.05, 3.63) is 16.0 Å². The van der Waals surface area contributed by atoms with E-state index >= 15 is 0 Å². The van der Waals surface area contributed by atoms with Crippen LogP contribution in [0.25, 0.3) is 0 Å². The van der Waals surface area contributed by atoms with Crippen LogP contribution in [0.2, 0.25) is 0 Å². The number of ether oxygens (including phenoxy) is 1. The van der Waals surface area contributed by atoms with E-state index in [0.29, 0.717) is 40.4 Å². The average molecular weight is 322 g/mol. The predicted molar refractivity (Wildman–Crippen MR) is 86.7 cm³/mol. The minimum Gasteiger partial charge on any atom is -0.462 e. The van der Waals surface area contributed by atoms with E-state index in [0.717, 1.165) is 18.7 Å². The summed E-state index contributed by atoms with van der Waals surface area (Å²) in [7, 11) is 0. The van der Waals surface area contributed by atoms with E-state index in [1.807, 2.05) is 0 Å². The molecule has 22 heavy (non-hydrogen) atoms. The number of nitriles is 1. The number of nitrogens with one attached hydrogen (secondary N) is 1. The Hall–Kier alpha value is -1.58. The molecular weight excluding hydrogens is 298 g/mol. The molecule has 0 saturated carbocycles. The maximum Gasteiger partial charge on any atom is 0.348 e. The lowest BCUT2D eigenvalue weighted by atomic mass is 9.91. The number of anilines is 1. The van der Waals surface area contributed by atoms with E-state index in [2.05, 4.69) is 19.9 Å². The molecule has 120 valence electrons. The van der Waals surface area contributed by atoms with Crippen molar-refractivity contribution in [2.75, 3.05) is 25.4 Å². The van der Waals surface area contributed by atoms with Gasteiger partial charge in [-0.25, -0.2) is 4.79 Å². The van der Waals surface area contributed by atoms with Gasteiger partial charge in [-0.05, 0) is 13.3 Å². The number of quaternary nitrogens is 1. The number of carbonyl (C=O) groups excluding carboxylic acids is 1. The molecule has 1 unspecified atom stereocenters. The van der Waals surface area contributed by atoms with Gasteiger partial charge in [0.25, 0.3) is 0 Å². The highest BCUT2D eigenvalue weighted by Gasteiger charge is 2.30. The second kappa shape index (κ2) is 7.12. The van der Waals surface area contributed by atoms with Crippen LogP contribution in [-0.4, -0.2) is 25.7 Å². The van der Waals surface area contributed by atoms with Crippen molar-refractivity contribution in [1.82, 2.24) is 0 Å². The van der Waals surface area contributed by atoms with Crippen LogP contribution in [0, 0.1) is 23.2 Å². The zero-order valence-corrected chi connectivity index (χ0v) is 14.3. The molecule has 2 rings (SSSR count). The van der Waals surface area contributed by atoms with Crippen LogP contribution in [0.15, 0.2) is 0 Å². The molecule has 0 aliphatic carbocycles. The number of likely N-dealkylation sites (tertiary alicyclic amines) is 1. The number of carbonyl (C=O) groups is 1. The van der Waals surface area contributed by atoms with Crippen molar-refractivity contribution in [2.45, 2.75) is 33.7 Å². The standard InChI is InChI=1S/C16H23N3O2S/c1-4-21-16(20)14-13(12(6-17)15(18)22-14)9-19-7-10(2)5-11(3)8-19/h10-11H,4-5,7-9,18H2,1-3H3/p+1/t10-,11+. The van der Waals surface area contributed by atoms with Gasteiger partial charge in [0.05, 0.1) is 30.8 Å². The van der Waals surface area contributed by atoms with E-state index in [4.69, 9.17) is 10.5 Å². The Bertz CT molecular complexity index is 581. The molecule has 0 spiro atoms. The number of rotatable bonds is 4. The van der Waals surface area contributed by atoms with Crippen LogP contribution in [0.1, 0.15) is 48.0 Å². The van der Waals surface area contributed by atoms with Gasteiger partial charge in [0, 0.05) is 11.8 Å². The summed E-state index contributed by atoms with van der Waals surface area (Å²) >= 11 is 1.17. The molecule has 1 fully saturated rings. The fraction of sp³-hybridized carbons (Fsp3) is 0.625. The van der Waals surface area contributed by atoms with Gasteiger partial charge in [-0.1, -0.05) is 13.8 Å². The number of thiophene rings is 1. The Morgan fingerprint density at radius 2 is 2.09 bits per heavy atom. The molecule has 0 aromatic carbocycles. The van der Waals surface area contributed by atoms with Gasteiger partial charge in [0.2, 0.25) is 0 Å². The van der Waals surface area contributed by atoms with E-state index in [1.54, 1.807) is 6.92 Å². The first-order chi connectivity index (χ1) is 10.5. The summed E-state index contributed by atoms with van der Waals surface area (Å²) in [5.41, 5.74) is 7.14. The van der Waals surface area contributed by atoms with Gasteiger partial charge >= 0.3 is 5.97 Å². The highest BCUT2D eigenvalue weighted by Crippen LogP contribution is 2.31. The fourth-order valence-electron chi connectivity index (χ4n) is 3.45. The Kier molecular flexibility index (Phi) is 5.43. The van der Waals surface area contributed by atoms with Gasteiger partial charge in [-0.2, -0.15) is 5.26 Å². The summed E-state index contributed by atoms with van der Waals surface area (Å²) in [6, 6.07) is 2.16. The summed E-state index contributed by atoms with van der Waals surface area (Å²) in [4.78, 5) is 14.0. The lowest BCUT2D eigenvalue weighted by Crippen LogP contribution is -3.13. The molecule has 3 N–H and O–H groups in total. The topological polar surface area (TPSA) is 80.5 Å². The second-order valence-electron chi connectivity index (χ2n) is 6.26. The second-order valence-corrected chi connectivity index (χ2v) is 7.31. The third-order valence-corrected chi connectivity index (χ3v) is 5.15. The van der Waals surface area contributed by atoms with Gasteiger partial charge in [0.15, 0.2) is 0 Å². The summed E-state index contributed by atoms with van der Waals surface area (Å²) in [6.45, 7) is 9.41. The first-order valence-electron chi connectivity index (χ1n) is 7.78. The van der Waals surface area contributed by atoms with Crippen molar-refractivity contribution in [2.24, 2.45) is 11.8 Å². The highest BCUT2D eigenvalue weighted by molar-refractivity contribution is 7.18. The smallest absolute Gasteiger partial charge is 0.348 e. The molecule has 1 aliphatic heterocycles. The molecule has 0 amide bonds. The molecule has 1 aromatic rings. The summed E-state index contributed by atoms with van der Waals surface area (Å²) in [5, 5.41) is 9.79. The molecule has 0 bridgehead atoms. The molecule has 1 aliphatic rings. The van der Waals surface area contributed by atoms with Gasteiger partial charge < -0.3 is 15.4 Å². The van der Waals surface area contributed by atoms with Crippen LogP contribution in [0.4, 0.5) is 5.00 Å². The number of hydrogen-bond acceptors (Lipinski definition) is 5. The summed E-state index contributed by atoms with van der Waals surface area (Å²) in [6.07, 6.45) is 1.24. The number of nitrogens with zero attached hydrogens (tertiary/aromatic N) is 1. The number of hydrogen-bond donors (Lipinski definition) is 2. The molecule has 1 aromatic heterocycles. The fourth-order valence-corrected chi connectivity index (χ4v) is 4.38. The largest absolute Gasteiger partial charge is 0.462 e. The monoisotopic (exact) mass is 322 g/mol. The number of nitrogens with two attached hydrogens (primary N) is 1. The number of esters is 1. The first kappa shape index (κ1) is 16.8. The Labute approximate surface area is 135 Å². The van der Waals surface area contributed by atoms with E-state index < -0.39 is 0 Å². The molecule has 1 saturated heterocycles. The minimum absolute atomic E-state index is 0.322. The van der Waals surface area contributed by atoms with Crippen LogP contribution < -0.4 is 10.6 Å². The summed E-state index contributed by atoms with van der Waals surface area (Å²) in [5.74, 6) is 0.950. The van der Waals surface area contributed by atoms with Gasteiger partial charge in [0.1, 0.15) is 22.5 Å². The first-order valence-corrected chi connectivity index (χ1v) is 8.59. The number of nitrogen functional groups attached to an aromatic ring is 1. The maximum atomic E-state index is 12.1. The van der Waals surface area contributed by atoms with Crippen LogP contribution in [-0.2, 0) is 11.3 Å². The third-order valence-electron chi connectivity index (χ3n) is 4.11. The highest BCUT2D eigenvalue weighted by atomic mass is 32.1. The van der Waals surface area contributed by atoms with E-state index in [1.165, 1.54) is 22.7 Å². The molecule has 5 nitrogen and oxygen atoms in total. The Morgan fingerprint density at radius 3 is 2.64 bits per heavy atom. The zero-order valence-electron chi connectivity index (χ0n) is 13.4. The molecule has 0 radical (unpaired) electrons. The summed E-state index contributed by atoms with van der Waals surface area (Å²) < 4.78 is 5.11. The molecule has 3 atom stereocenters. The number of piperidine rings is 1. The van der Waals surface area contributed by atoms with Crippen LogP contribution in [0.3, 0.4) is 0 Å². The zero-order chi connectivity index (χ0) is 16.3. The maximum absolute atomic E-state index is 12.1. The molecule has 6 heteroatoms. The van der Waals surface area contributed by atoms with Crippen molar-refractivity contribution in [3.63, 3.8) is 0 Å². The quantitative estimate of drug-likeness (QED) is 0.822. The van der Waals surface area contributed by atoms with Crippen molar-refractivity contribution in [3.8, 4) is 6.07 Å². The molecule has 2 heterocycles. The van der Waals surface area contributed by atoms with Crippen molar-refractivity contribution >= 4 is 22.3 Å². The van der Waals surface area contributed by atoms with Crippen molar-refractivity contribution in [1.29, 1.82) is 5.26 Å². The Balaban J connectivity index is 2.28. The third kappa shape index (κ3) is 3.60.